The van der Waals surface area contributed by atoms with E-state index in [0.29, 0.717) is 5.69 Å². The highest BCUT2D eigenvalue weighted by atomic mass is 19.1. The molecule has 1 aliphatic carbocycles. The molecule has 3 nitrogen and oxygen atoms in total. The maximum Gasteiger partial charge on any atom is 0.248 e. The molecule has 0 aliphatic heterocycles. The Hall–Kier alpha value is -2.62. The van der Waals surface area contributed by atoms with Gasteiger partial charge in [-0.2, -0.15) is 0 Å². The maximum atomic E-state index is 13.0. The summed E-state index contributed by atoms with van der Waals surface area (Å²) >= 11 is 0. The van der Waals surface area contributed by atoms with Gasteiger partial charge in [-0.3, -0.25) is 4.79 Å². The molecule has 0 heterocycles. The van der Waals surface area contributed by atoms with Crippen LogP contribution in [0.2, 0.25) is 0 Å². The first kappa shape index (κ1) is 14.3. The zero-order valence-electron chi connectivity index (χ0n) is 12.1. The minimum atomic E-state index is -0.427. The van der Waals surface area contributed by atoms with Crippen LogP contribution >= 0.6 is 0 Å². The van der Waals surface area contributed by atoms with E-state index in [1.54, 1.807) is 6.08 Å². The summed E-state index contributed by atoms with van der Waals surface area (Å²) in [5, 5.41) is 2.64. The summed E-state index contributed by atoms with van der Waals surface area (Å²) in [6.45, 7) is 0. The fourth-order valence-corrected chi connectivity index (χ4v) is 2.69. The van der Waals surface area contributed by atoms with Gasteiger partial charge in [-0.15, -0.1) is 0 Å². The number of fused-ring (bicyclic) bond motifs is 1. The average molecular weight is 296 g/mol. The largest absolute Gasteiger partial charge is 0.397 e. The number of rotatable bonds is 3. The first-order valence-corrected chi connectivity index (χ1v) is 7.28. The van der Waals surface area contributed by atoms with Gasteiger partial charge in [0.25, 0.3) is 0 Å². The van der Waals surface area contributed by atoms with Gasteiger partial charge in [-0.1, -0.05) is 18.2 Å². The predicted octanol–water partition coefficient (Wildman–Crippen LogP) is 3.55. The van der Waals surface area contributed by atoms with Crippen molar-refractivity contribution in [2.45, 2.75) is 19.3 Å². The quantitative estimate of drug-likeness (QED) is 0.672. The molecule has 0 radical (unpaired) electrons. The van der Waals surface area contributed by atoms with Crippen molar-refractivity contribution in [3.05, 3.63) is 65.0 Å². The van der Waals surface area contributed by atoms with E-state index in [1.165, 1.54) is 41.8 Å². The smallest absolute Gasteiger partial charge is 0.248 e. The van der Waals surface area contributed by atoms with E-state index >= 15 is 0 Å². The number of carbonyl (C=O) groups is 1. The molecule has 112 valence electrons. The van der Waals surface area contributed by atoms with E-state index < -0.39 is 5.82 Å². The summed E-state index contributed by atoms with van der Waals surface area (Å²) in [6, 6.07) is 10.2. The van der Waals surface area contributed by atoms with Gasteiger partial charge in [0.2, 0.25) is 5.91 Å². The Morgan fingerprint density at radius 1 is 1.14 bits per heavy atom. The van der Waals surface area contributed by atoms with Gasteiger partial charge in [0, 0.05) is 6.08 Å². The van der Waals surface area contributed by atoms with Crippen molar-refractivity contribution >= 4 is 23.4 Å². The van der Waals surface area contributed by atoms with Gasteiger partial charge in [0.15, 0.2) is 0 Å². The van der Waals surface area contributed by atoms with Gasteiger partial charge in [0.05, 0.1) is 11.4 Å². The summed E-state index contributed by atoms with van der Waals surface area (Å²) < 4.78 is 13.0. The van der Waals surface area contributed by atoms with Crippen molar-refractivity contribution in [1.29, 1.82) is 0 Å². The monoisotopic (exact) mass is 296 g/mol. The molecule has 3 N–H and O–H groups in total. The molecular weight excluding hydrogens is 279 g/mol. The van der Waals surface area contributed by atoms with Crippen LogP contribution in [0.15, 0.2) is 42.5 Å². The van der Waals surface area contributed by atoms with E-state index in [0.717, 1.165) is 18.4 Å². The maximum absolute atomic E-state index is 13.0. The lowest BCUT2D eigenvalue weighted by Gasteiger charge is -2.06. The molecule has 0 saturated carbocycles. The molecular formula is C18H17FN2O. The van der Waals surface area contributed by atoms with Crippen molar-refractivity contribution in [1.82, 2.24) is 0 Å². The van der Waals surface area contributed by atoms with Crippen LogP contribution in [0.3, 0.4) is 0 Å². The van der Waals surface area contributed by atoms with Crippen molar-refractivity contribution in [2.24, 2.45) is 0 Å². The van der Waals surface area contributed by atoms with Gasteiger partial charge in [-0.25, -0.2) is 4.39 Å². The second-order valence-electron chi connectivity index (χ2n) is 5.44. The molecule has 2 aromatic rings. The number of amides is 1. The summed E-state index contributed by atoms with van der Waals surface area (Å²) in [6.07, 6.45) is 6.68. The number of anilines is 2. The highest BCUT2D eigenvalue weighted by molar-refractivity contribution is 6.03. The van der Waals surface area contributed by atoms with E-state index in [2.05, 4.69) is 17.4 Å². The Balaban J connectivity index is 1.68. The lowest BCUT2D eigenvalue weighted by molar-refractivity contribution is -0.111. The fourth-order valence-electron chi connectivity index (χ4n) is 2.69. The number of aryl methyl sites for hydroxylation is 2. The van der Waals surface area contributed by atoms with E-state index in [9.17, 15) is 9.18 Å². The summed E-state index contributed by atoms with van der Waals surface area (Å²) in [7, 11) is 0. The molecule has 0 saturated heterocycles. The molecule has 4 heteroatoms. The number of nitrogens with one attached hydrogen (secondary N) is 1. The van der Waals surface area contributed by atoms with E-state index in [-0.39, 0.29) is 11.6 Å². The number of hydrogen-bond acceptors (Lipinski definition) is 2. The van der Waals surface area contributed by atoms with Crippen molar-refractivity contribution in [2.75, 3.05) is 11.1 Å². The second-order valence-corrected chi connectivity index (χ2v) is 5.44. The second kappa shape index (κ2) is 6.02. The van der Waals surface area contributed by atoms with Crippen LogP contribution in [0, 0.1) is 5.82 Å². The number of nitrogen functional groups attached to an aromatic ring is 1. The van der Waals surface area contributed by atoms with Gasteiger partial charge < -0.3 is 11.1 Å². The summed E-state index contributed by atoms with van der Waals surface area (Å²) in [4.78, 5) is 11.9. The Labute approximate surface area is 128 Å². The van der Waals surface area contributed by atoms with Gasteiger partial charge >= 0.3 is 0 Å². The topological polar surface area (TPSA) is 55.1 Å². The number of nitrogens with two attached hydrogens (primary N) is 1. The van der Waals surface area contributed by atoms with Crippen LogP contribution in [0.5, 0.6) is 0 Å². The fraction of sp³-hybridized carbons (Fsp3) is 0.167. The Morgan fingerprint density at radius 2 is 1.95 bits per heavy atom. The minimum absolute atomic E-state index is 0.208. The molecule has 0 fully saturated rings. The first-order chi connectivity index (χ1) is 10.6. The standard InChI is InChI=1S/C18H17FN2O/c19-15-7-8-17(16(20)11-15)21-18(22)9-5-12-4-6-13-2-1-3-14(13)10-12/h4-11H,1-3,20H2,(H,21,22)/b9-5+. The third-order valence-electron chi connectivity index (χ3n) is 3.82. The molecule has 0 bridgehead atoms. The molecule has 1 amide bonds. The molecule has 22 heavy (non-hydrogen) atoms. The molecule has 2 aromatic carbocycles. The highest BCUT2D eigenvalue weighted by Crippen LogP contribution is 2.23. The Morgan fingerprint density at radius 3 is 2.77 bits per heavy atom. The number of hydrogen-bond donors (Lipinski definition) is 2. The van der Waals surface area contributed by atoms with Crippen molar-refractivity contribution < 1.29 is 9.18 Å². The van der Waals surface area contributed by atoms with Crippen molar-refractivity contribution in [3.63, 3.8) is 0 Å². The van der Waals surface area contributed by atoms with E-state index in [1.807, 2.05) is 6.07 Å². The number of halogens is 1. The van der Waals surface area contributed by atoms with Crippen LogP contribution in [0.4, 0.5) is 15.8 Å². The number of carbonyl (C=O) groups excluding carboxylic acids is 1. The number of benzene rings is 2. The zero-order chi connectivity index (χ0) is 15.5. The van der Waals surface area contributed by atoms with Crippen LogP contribution in [0.25, 0.3) is 6.08 Å². The van der Waals surface area contributed by atoms with Gasteiger partial charge in [0.1, 0.15) is 5.82 Å². The normalized spacial score (nSPS) is 13.3. The Bertz CT molecular complexity index is 753. The lowest BCUT2D eigenvalue weighted by Crippen LogP contribution is -2.09. The highest BCUT2D eigenvalue weighted by Gasteiger charge is 2.10. The lowest BCUT2D eigenvalue weighted by atomic mass is 10.1. The van der Waals surface area contributed by atoms with Crippen LogP contribution < -0.4 is 11.1 Å². The average Bonchev–Trinajstić information content (AvgIpc) is 2.95. The zero-order valence-corrected chi connectivity index (χ0v) is 12.1. The Kier molecular flexibility index (Phi) is 3.92. The third-order valence-corrected chi connectivity index (χ3v) is 3.82. The summed E-state index contributed by atoms with van der Waals surface area (Å²) in [5.74, 6) is -0.719. The van der Waals surface area contributed by atoms with Crippen LogP contribution in [-0.4, -0.2) is 5.91 Å². The molecule has 0 unspecified atom stereocenters. The first-order valence-electron chi connectivity index (χ1n) is 7.28. The molecule has 1 aliphatic rings. The summed E-state index contributed by atoms with van der Waals surface area (Å²) in [5.41, 5.74) is 10.0. The molecule has 0 atom stereocenters. The van der Waals surface area contributed by atoms with Crippen LogP contribution in [0.1, 0.15) is 23.1 Å². The predicted molar refractivity (Wildman–Crippen MR) is 86.9 cm³/mol. The van der Waals surface area contributed by atoms with E-state index in [4.69, 9.17) is 5.73 Å². The minimum Gasteiger partial charge on any atom is -0.397 e. The molecule has 3 rings (SSSR count). The molecule has 0 spiro atoms. The SMILES string of the molecule is Nc1cc(F)ccc1NC(=O)/C=C/c1ccc2c(c1)CCC2. The van der Waals surface area contributed by atoms with Gasteiger partial charge in [-0.05, 0) is 60.2 Å². The third kappa shape index (κ3) is 3.17. The van der Waals surface area contributed by atoms with Crippen molar-refractivity contribution in [3.8, 4) is 0 Å². The van der Waals surface area contributed by atoms with Crippen LogP contribution in [-0.2, 0) is 17.6 Å². The molecule has 0 aromatic heterocycles.